The van der Waals surface area contributed by atoms with E-state index in [0.29, 0.717) is 19.6 Å². The number of nitro benzene ring substituents is 1. The van der Waals surface area contributed by atoms with Gasteiger partial charge in [0.25, 0.3) is 5.69 Å². The summed E-state index contributed by atoms with van der Waals surface area (Å²) in [5.41, 5.74) is 5.41. The smallest absolute Gasteiger partial charge is 0.270 e. The second-order valence-corrected chi connectivity index (χ2v) is 6.59. The van der Waals surface area contributed by atoms with Crippen LogP contribution >= 0.6 is 0 Å². The normalized spacial score (nSPS) is 20.3. The van der Waals surface area contributed by atoms with E-state index in [0.717, 1.165) is 6.07 Å². The number of morpholine rings is 1. The summed E-state index contributed by atoms with van der Waals surface area (Å²) in [5, 5.41) is 10.8. The van der Waals surface area contributed by atoms with Gasteiger partial charge in [-0.05, 0) is 12.5 Å². The molecule has 1 heterocycles. The minimum Gasteiger partial charge on any atom is -0.398 e. The molecule has 0 spiro atoms. The molecule has 2 N–H and O–H groups in total. The molecule has 1 unspecified atom stereocenters. The summed E-state index contributed by atoms with van der Waals surface area (Å²) in [6.45, 7) is 2.68. The number of sulfonamides is 1. The molecule has 1 aromatic rings. The average molecular weight is 315 g/mol. The Morgan fingerprint density at radius 1 is 1.52 bits per heavy atom. The minimum atomic E-state index is -3.89. The second kappa shape index (κ2) is 5.96. The topological polar surface area (TPSA) is 116 Å². The zero-order valence-corrected chi connectivity index (χ0v) is 12.4. The predicted molar refractivity (Wildman–Crippen MR) is 76.3 cm³/mol. The molecule has 9 heteroatoms. The van der Waals surface area contributed by atoms with Crippen LogP contribution in [0.2, 0.25) is 0 Å². The van der Waals surface area contributed by atoms with Gasteiger partial charge in [0.15, 0.2) is 0 Å². The number of non-ortho nitro benzene ring substituents is 1. The van der Waals surface area contributed by atoms with Gasteiger partial charge < -0.3 is 10.5 Å². The molecular formula is C12H17N3O5S. The number of nitrogens with zero attached hydrogens (tertiary/aromatic N) is 2. The van der Waals surface area contributed by atoms with Crippen molar-refractivity contribution in [1.82, 2.24) is 4.31 Å². The molecule has 0 radical (unpaired) electrons. The van der Waals surface area contributed by atoms with Gasteiger partial charge in [0, 0.05) is 24.7 Å². The van der Waals surface area contributed by atoms with Gasteiger partial charge in [0.05, 0.1) is 23.8 Å². The fourth-order valence-electron chi connectivity index (χ4n) is 2.26. The van der Waals surface area contributed by atoms with Crippen LogP contribution < -0.4 is 5.73 Å². The van der Waals surface area contributed by atoms with Crippen LogP contribution in [0.3, 0.4) is 0 Å². The average Bonchev–Trinajstić information content (AvgIpc) is 2.47. The fraction of sp³-hybridized carbons (Fsp3) is 0.500. The van der Waals surface area contributed by atoms with E-state index in [-0.39, 0.29) is 28.9 Å². The van der Waals surface area contributed by atoms with Crippen molar-refractivity contribution in [3.63, 3.8) is 0 Å². The lowest BCUT2D eigenvalue weighted by molar-refractivity contribution is -0.385. The Morgan fingerprint density at radius 2 is 2.24 bits per heavy atom. The van der Waals surface area contributed by atoms with Crippen molar-refractivity contribution in [3.05, 3.63) is 28.3 Å². The number of hydrogen-bond acceptors (Lipinski definition) is 6. The van der Waals surface area contributed by atoms with Crippen LogP contribution in [-0.2, 0) is 14.8 Å². The highest BCUT2D eigenvalue weighted by Gasteiger charge is 2.35. The molecule has 1 fully saturated rings. The largest absolute Gasteiger partial charge is 0.398 e. The molecule has 0 amide bonds. The number of hydrogen-bond donors (Lipinski definition) is 1. The molecule has 2 rings (SSSR count). The monoisotopic (exact) mass is 315 g/mol. The molecule has 116 valence electrons. The Balaban J connectivity index is 2.47. The van der Waals surface area contributed by atoms with Crippen molar-refractivity contribution >= 4 is 21.4 Å². The summed E-state index contributed by atoms with van der Waals surface area (Å²) >= 11 is 0. The quantitative estimate of drug-likeness (QED) is 0.503. The number of anilines is 1. The summed E-state index contributed by atoms with van der Waals surface area (Å²) in [4.78, 5) is 9.96. The van der Waals surface area contributed by atoms with Gasteiger partial charge in [-0.3, -0.25) is 10.1 Å². The summed E-state index contributed by atoms with van der Waals surface area (Å²) < 4.78 is 32.0. The van der Waals surface area contributed by atoms with E-state index in [1.807, 2.05) is 6.92 Å². The van der Waals surface area contributed by atoms with Crippen LogP contribution in [0.4, 0.5) is 11.4 Å². The third-order valence-corrected chi connectivity index (χ3v) is 5.45. The molecule has 1 aliphatic heterocycles. The molecule has 1 aliphatic rings. The fourth-order valence-corrected chi connectivity index (χ4v) is 4.07. The maximum atomic E-state index is 12.7. The molecule has 1 aromatic carbocycles. The lowest BCUT2D eigenvalue weighted by Gasteiger charge is -2.34. The minimum absolute atomic E-state index is 0.00180. The summed E-state index contributed by atoms with van der Waals surface area (Å²) in [5.74, 6) is 0. The molecule has 1 atom stereocenters. The number of rotatable bonds is 4. The van der Waals surface area contributed by atoms with Crippen molar-refractivity contribution in [1.29, 1.82) is 0 Å². The van der Waals surface area contributed by atoms with Gasteiger partial charge in [0.2, 0.25) is 10.0 Å². The van der Waals surface area contributed by atoms with Crippen LogP contribution in [0.25, 0.3) is 0 Å². The summed E-state index contributed by atoms with van der Waals surface area (Å²) in [6, 6.07) is 3.15. The third-order valence-electron chi connectivity index (χ3n) is 3.44. The van der Waals surface area contributed by atoms with E-state index >= 15 is 0 Å². The second-order valence-electron chi connectivity index (χ2n) is 4.73. The molecule has 1 saturated heterocycles. The Hall–Kier alpha value is -1.71. The van der Waals surface area contributed by atoms with Gasteiger partial charge >= 0.3 is 0 Å². The highest BCUT2D eigenvalue weighted by molar-refractivity contribution is 7.89. The lowest BCUT2D eigenvalue weighted by Crippen LogP contribution is -2.48. The number of nitrogen functional groups attached to an aromatic ring is 1. The van der Waals surface area contributed by atoms with Crippen LogP contribution in [-0.4, -0.2) is 43.4 Å². The molecular weight excluding hydrogens is 298 g/mol. The Labute approximate surface area is 122 Å². The Kier molecular flexibility index (Phi) is 4.45. The number of nitrogens with two attached hydrogens (primary N) is 1. The zero-order valence-electron chi connectivity index (χ0n) is 11.6. The molecule has 8 nitrogen and oxygen atoms in total. The first-order valence-corrected chi connectivity index (χ1v) is 7.95. The van der Waals surface area contributed by atoms with E-state index < -0.39 is 14.9 Å². The van der Waals surface area contributed by atoms with Crippen LogP contribution in [0.5, 0.6) is 0 Å². The van der Waals surface area contributed by atoms with E-state index in [4.69, 9.17) is 10.5 Å². The van der Waals surface area contributed by atoms with Crippen molar-refractivity contribution in [2.45, 2.75) is 24.3 Å². The number of nitro groups is 1. The van der Waals surface area contributed by atoms with E-state index in [1.165, 1.54) is 16.4 Å². The van der Waals surface area contributed by atoms with E-state index in [1.54, 1.807) is 0 Å². The maximum absolute atomic E-state index is 12.7. The van der Waals surface area contributed by atoms with Crippen molar-refractivity contribution in [2.75, 3.05) is 25.5 Å². The highest BCUT2D eigenvalue weighted by atomic mass is 32.2. The summed E-state index contributed by atoms with van der Waals surface area (Å²) in [7, 11) is -3.89. The maximum Gasteiger partial charge on any atom is 0.270 e. The van der Waals surface area contributed by atoms with Crippen LogP contribution in [0, 0.1) is 10.1 Å². The molecule has 0 saturated carbocycles. The van der Waals surface area contributed by atoms with Crippen molar-refractivity contribution < 1.29 is 18.1 Å². The van der Waals surface area contributed by atoms with E-state index in [9.17, 15) is 18.5 Å². The van der Waals surface area contributed by atoms with Crippen molar-refractivity contribution in [3.8, 4) is 0 Å². The predicted octanol–water partition coefficient (Wildman–Crippen LogP) is 0.977. The molecule has 21 heavy (non-hydrogen) atoms. The zero-order chi connectivity index (χ0) is 15.6. The van der Waals surface area contributed by atoms with Crippen molar-refractivity contribution in [2.24, 2.45) is 0 Å². The Bertz CT molecular complexity index is 646. The first-order valence-electron chi connectivity index (χ1n) is 6.51. The third kappa shape index (κ3) is 2.99. The van der Waals surface area contributed by atoms with Crippen LogP contribution in [0.15, 0.2) is 23.1 Å². The SMILES string of the molecule is CCC1COCCN1S(=O)(=O)c1cc([N+](=O)[O-])ccc1N. The molecule has 0 aromatic heterocycles. The number of benzene rings is 1. The van der Waals surface area contributed by atoms with Gasteiger partial charge in [-0.2, -0.15) is 4.31 Å². The van der Waals surface area contributed by atoms with Gasteiger partial charge in [-0.1, -0.05) is 6.92 Å². The van der Waals surface area contributed by atoms with Gasteiger partial charge in [0.1, 0.15) is 4.90 Å². The Morgan fingerprint density at radius 3 is 2.86 bits per heavy atom. The molecule has 0 bridgehead atoms. The standard InChI is InChI=1S/C12H17N3O5S/c1-2-9-8-20-6-5-14(9)21(18,19)12-7-10(15(16)17)3-4-11(12)13/h3-4,7,9H,2,5-6,8,13H2,1H3. The first kappa shape index (κ1) is 15.7. The lowest BCUT2D eigenvalue weighted by atomic mass is 10.2. The van der Waals surface area contributed by atoms with Crippen LogP contribution in [0.1, 0.15) is 13.3 Å². The first-order chi connectivity index (χ1) is 9.87. The van der Waals surface area contributed by atoms with Gasteiger partial charge in [-0.15, -0.1) is 0 Å². The highest BCUT2D eigenvalue weighted by Crippen LogP contribution is 2.29. The molecule has 0 aliphatic carbocycles. The number of ether oxygens (including phenoxy) is 1. The van der Waals surface area contributed by atoms with E-state index in [2.05, 4.69) is 0 Å². The summed E-state index contributed by atoms with van der Waals surface area (Å²) in [6.07, 6.45) is 0.591. The van der Waals surface area contributed by atoms with Gasteiger partial charge in [-0.25, -0.2) is 8.42 Å².